The van der Waals surface area contributed by atoms with Crippen molar-refractivity contribution in [2.75, 3.05) is 11.9 Å². The second-order valence-corrected chi connectivity index (χ2v) is 5.29. The molecule has 0 radical (unpaired) electrons. The lowest BCUT2D eigenvalue weighted by Crippen LogP contribution is -2.34. The topological polar surface area (TPSA) is 84.2 Å². The number of hydrogen-bond donors (Lipinski definition) is 3. The maximum atomic E-state index is 13.6. The summed E-state index contributed by atoms with van der Waals surface area (Å²) in [6.45, 7) is 0.988. The highest BCUT2D eigenvalue weighted by atomic mass is 19.1. The van der Waals surface area contributed by atoms with Gasteiger partial charge in [-0.15, -0.1) is 0 Å². The third-order valence-corrected chi connectivity index (χ3v) is 3.66. The summed E-state index contributed by atoms with van der Waals surface area (Å²) < 4.78 is 13.6. The number of primary amides is 1. The van der Waals surface area contributed by atoms with Crippen LogP contribution in [0.25, 0.3) is 0 Å². The molecule has 21 heavy (non-hydrogen) atoms. The van der Waals surface area contributed by atoms with Crippen LogP contribution in [0.1, 0.15) is 42.5 Å². The van der Waals surface area contributed by atoms with Crippen molar-refractivity contribution in [3.63, 3.8) is 0 Å². The third kappa shape index (κ3) is 4.53. The van der Waals surface area contributed by atoms with Crippen LogP contribution >= 0.6 is 0 Å². The highest BCUT2D eigenvalue weighted by Gasteiger charge is 2.15. The molecule has 1 saturated heterocycles. The van der Waals surface area contributed by atoms with E-state index in [9.17, 15) is 14.0 Å². The van der Waals surface area contributed by atoms with Crippen LogP contribution in [0.2, 0.25) is 0 Å². The van der Waals surface area contributed by atoms with Gasteiger partial charge in [0.25, 0.3) is 0 Å². The largest absolute Gasteiger partial charge is 0.366 e. The summed E-state index contributed by atoms with van der Waals surface area (Å²) in [5.41, 5.74) is 5.30. The van der Waals surface area contributed by atoms with Crippen molar-refractivity contribution in [3.8, 4) is 0 Å². The van der Waals surface area contributed by atoms with Crippen LogP contribution in [0.3, 0.4) is 0 Å². The molecule has 1 atom stereocenters. The van der Waals surface area contributed by atoms with Gasteiger partial charge in [-0.05, 0) is 44.0 Å². The first-order valence-electron chi connectivity index (χ1n) is 7.19. The van der Waals surface area contributed by atoms with Crippen LogP contribution in [0, 0.1) is 5.82 Å². The zero-order valence-corrected chi connectivity index (χ0v) is 11.8. The molecule has 1 heterocycles. The first-order chi connectivity index (χ1) is 10.1. The molecule has 2 amide bonds. The van der Waals surface area contributed by atoms with Gasteiger partial charge in [-0.25, -0.2) is 4.39 Å². The van der Waals surface area contributed by atoms with Crippen molar-refractivity contribution in [3.05, 3.63) is 29.6 Å². The molecule has 0 saturated carbocycles. The normalized spacial score (nSPS) is 18.2. The van der Waals surface area contributed by atoms with Gasteiger partial charge in [0.05, 0.1) is 5.69 Å². The molecule has 1 aromatic rings. The third-order valence-electron chi connectivity index (χ3n) is 3.66. The maximum absolute atomic E-state index is 13.6. The van der Waals surface area contributed by atoms with Gasteiger partial charge >= 0.3 is 0 Å². The van der Waals surface area contributed by atoms with Gasteiger partial charge in [0, 0.05) is 18.0 Å². The predicted molar refractivity (Wildman–Crippen MR) is 78.4 cm³/mol. The van der Waals surface area contributed by atoms with Gasteiger partial charge < -0.3 is 16.4 Å². The Morgan fingerprint density at radius 2 is 2.19 bits per heavy atom. The van der Waals surface area contributed by atoms with Gasteiger partial charge in [0.1, 0.15) is 5.82 Å². The molecule has 5 nitrogen and oxygen atoms in total. The fourth-order valence-corrected chi connectivity index (χ4v) is 2.46. The Morgan fingerprint density at radius 1 is 1.38 bits per heavy atom. The number of rotatable bonds is 5. The van der Waals surface area contributed by atoms with Gasteiger partial charge in [0.15, 0.2) is 0 Å². The predicted octanol–water partition coefficient (Wildman–Crippen LogP) is 1.79. The highest BCUT2D eigenvalue weighted by Crippen LogP contribution is 2.17. The number of piperidine rings is 1. The smallest absolute Gasteiger partial charge is 0.248 e. The molecule has 1 aromatic carbocycles. The molecule has 0 spiro atoms. The molecular weight excluding hydrogens is 273 g/mol. The van der Waals surface area contributed by atoms with E-state index < -0.39 is 11.7 Å². The molecular formula is C15H20FN3O2. The van der Waals surface area contributed by atoms with E-state index in [1.165, 1.54) is 25.0 Å². The summed E-state index contributed by atoms with van der Waals surface area (Å²) in [4.78, 5) is 22.9. The minimum Gasteiger partial charge on any atom is -0.366 e. The van der Waals surface area contributed by atoms with Crippen LogP contribution < -0.4 is 16.4 Å². The number of hydrogen-bond acceptors (Lipinski definition) is 3. The van der Waals surface area contributed by atoms with E-state index in [0.717, 1.165) is 25.5 Å². The van der Waals surface area contributed by atoms with Crippen molar-refractivity contribution < 1.29 is 14.0 Å². The second kappa shape index (κ2) is 7.17. The lowest BCUT2D eigenvalue weighted by Gasteiger charge is -2.23. The Balaban J connectivity index is 1.89. The number of benzene rings is 1. The molecule has 1 aliphatic heterocycles. The number of amides is 2. The molecule has 6 heteroatoms. The van der Waals surface area contributed by atoms with Gasteiger partial charge in [0.2, 0.25) is 11.8 Å². The van der Waals surface area contributed by atoms with Crippen molar-refractivity contribution in [2.24, 2.45) is 5.73 Å². The Hall–Kier alpha value is -1.95. The minimum atomic E-state index is -0.656. The first-order valence-corrected chi connectivity index (χ1v) is 7.19. The quantitative estimate of drug-likeness (QED) is 0.773. The van der Waals surface area contributed by atoms with Crippen molar-refractivity contribution in [1.82, 2.24) is 5.32 Å². The standard InChI is InChI=1S/C15H20FN3O2/c16-12-6-4-10(15(17)21)9-13(12)19-14(20)7-5-11-3-1-2-8-18-11/h4,6,9,11,18H,1-3,5,7-8H2,(H2,17,21)(H,19,20). The van der Waals surface area contributed by atoms with E-state index in [2.05, 4.69) is 10.6 Å². The van der Waals surface area contributed by atoms with Crippen molar-refractivity contribution >= 4 is 17.5 Å². The molecule has 0 bridgehead atoms. The molecule has 1 unspecified atom stereocenters. The number of anilines is 1. The van der Waals surface area contributed by atoms with Crippen LogP contribution in [-0.2, 0) is 4.79 Å². The van der Waals surface area contributed by atoms with Gasteiger partial charge in [-0.2, -0.15) is 0 Å². The fourth-order valence-electron chi connectivity index (χ4n) is 2.46. The minimum absolute atomic E-state index is 0.00657. The second-order valence-electron chi connectivity index (χ2n) is 5.29. The van der Waals surface area contributed by atoms with E-state index in [-0.39, 0.29) is 17.2 Å². The zero-order valence-electron chi connectivity index (χ0n) is 11.8. The summed E-state index contributed by atoms with van der Waals surface area (Å²) in [5.74, 6) is -1.50. The average Bonchev–Trinajstić information content (AvgIpc) is 2.48. The fraction of sp³-hybridized carbons (Fsp3) is 0.467. The molecule has 1 aliphatic rings. The number of nitrogens with two attached hydrogens (primary N) is 1. The maximum Gasteiger partial charge on any atom is 0.248 e. The lowest BCUT2D eigenvalue weighted by molar-refractivity contribution is -0.116. The van der Waals surface area contributed by atoms with E-state index in [0.29, 0.717) is 12.5 Å². The van der Waals surface area contributed by atoms with Crippen molar-refractivity contribution in [1.29, 1.82) is 0 Å². The molecule has 114 valence electrons. The highest BCUT2D eigenvalue weighted by molar-refractivity contribution is 5.96. The van der Waals surface area contributed by atoms with Crippen LogP contribution in [-0.4, -0.2) is 24.4 Å². The van der Waals surface area contributed by atoms with E-state index >= 15 is 0 Å². The SMILES string of the molecule is NC(=O)c1ccc(F)c(NC(=O)CCC2CCCCN2)c1. The van der Waals surface area contributed by atoms with E-state index in [1.54, 1.807) is 0 Å². The molecule has 0 aliphatic carbocycles. The van der Waals surface area contributed by atoms with E-state index in [1.807, 2.05) is 0 Å². The monoisotopic (exact) mass is 293 g/mol. The Kier molecular flexibility index (Phi) is 5.27. The summed E-state index contributed by atoms with van der Waals surface area (Å²) in [6, 6.07) is 4.03. The Morgan fingerprint density at radius 3 is 2.86 bits per heavy atom. The number of carbonyl (C=O) groups excluding carboxylic acids is 2. The zero-order chi connectivity index (χ0) is 15.2. The van der Waals surface area contributed by atoms with Crippen LogP contribution in [0.5, 0.6) is 0 Å². The van der Waals surface area contributed by atoms with Gasteiger partial charge in [-0.3, -0.25) is 9.59 Å². The van der Waals surface area contributed by atoms with Gasteiger partial charge in [-0.1, -0.05) is 6.42 Å². The number of carbonyl (C=O) groups is 2. The number of nitrogens with one attached hydrogen (secondary N) is 2. The summed E-state index contributed by atoms with van der Waals surface area (Å²) in [7, 11) is 0. The lowest BCUT2D eigenvalue weighted by atomic mass is 10.0. The molecule has 2 rings (SSSR count). The average molecular weight is 293 g/mol. The first kappa shape index (κ1) is 15.4. The van der Waals surface area contributed by atoms with E-state index in [4.69, 9.17) is 5.73 Å². The summed E-state index contributed by atoms with van der Waals surface area (Å²) in [5, 5.41) is 5.85. The van der Waals surface area contributed by atoms with Crippen molar-refractivity contribution in [2.45, 2.75) is 38.1 Å². The van der Waals surface area contributed by atoms with Crippen LogP contribution in [0.15, 0.2) is 18.2 Å². The number of halogens is 1. The van der Waals surface area contributed by atoms with Crippen LogP contribution in [0.4, 0.5) is 10.1 Å². The summed E-state index contributed by atoms with van der Waals surface area (Å²) in [6.07, 6.45) is 4.46. The Bertz CT molecular complexity index is 528. The molecule has 0 aromatic heterocycles. The summed E-state index contributed by atoms with van der Waals surface area (Å²) >= 11 is 0. The Labute approximate surface area is 123 Å². The molecule has 1 fully saturated rings. The molecule has 4 N–H and O–H groups in total.